The summed E-state index contributed by atoms with van der Waals surface area (Å²) in [6, 6.07) is 6.22. The van der Waals surface area contributed by atoms with Gasteiger partial charge in [-0.05, 0) is 55.7 Å². The van der Waals surface area contributed by atoms with Crippen molar-refractivity contribution in [2.24, 2.45) is 5.92 Å². The van der Waals surface area contributed by atoms with E-state index in [1.165, 1.54) is 37.7 Å². The second-order valence-electron chi connectivity index (χ2n) is 6.80. The van der Waals surface area contributed by atoms with Crippen LogP contribution in [0.4, 0.5) is 0 Å². The van der Waals surface area contributed by atoms with Crippen LogP contribution in [0, 0.1) is 12.8 Å². The molecule has 0 radical (unpaired) electrons. The maximum absolute atomic E-state index is 10.8. The van der Waals surface area contributed by atoms with Gasteiger partial charge in [-0.3, -0.25) is 0 Å². The lowest BCUT2D eigenvalue weighted by molar-refractivity contribution is -0.134. The third-order valence-corrected chi connectivity index (χ3v) is 6.13. The zero-order valence-corrected chi connectivity index (χ0v) is 14.4. The van der Waals surface area contributed by atoms with E-state index in [-0.39, 0.29) is 11.7 Å². The molecule has 3 heteroatoms. The SMILES string of the molecule is Cc1ccc(C(O)C2CCOC3(CCCCC3)C2)cc1Br. The van der Waals surface area contributed by atoms with Crippen molar-refractivity contribution in [2.45, 2.75) is 63.6 Å². The molecule has 2 atom stereocenters. The molecule has 3 rings (SSSR count). The van der Waals surface area contributed by atoms with Crippen molar-refractivity contribution in [3.05, 3.63) is 33.8 Å². The number of aliphatic hydroxyl groups excluding tert-OH is 1. The van der Waals surface area contributed by atoms with E-state index in [1.54, 1.807) is 0 Å². The zero-order valence-electron chi connectivity index (χ0n) is 12.8. The highest BCUT2D eigenvalue weighted by Crippen LogP contribution is 2.44. The molecular formula is C18H25BrO2. The average molecular weight is 353 g/mol. The second-order valence-corrected chi connectivity index (χ2v) is 7.65. The van der Waals surface area contributed by atoms with E-state index in [0.29, 0.717) is 5.92 Å². The number of aliphatic hydroxyl groups is 1. The van der Waals surface area contributed by atoms with Crippen LogP contribution in [0.2, 0.25) is 0 Å². The molecule has 116 valence electrons. The van der Waals surface area contributed by atoms with Crippen molar-refractivity contribution in [3.8, 4) is 0 Å². The number of hydrogen-bond acceptors (Lipinski definition) is 2. The van der Waals surface area contributed by atoms with Gasteiger partial charge in [0.05, 0.1) is 11.7 Å². The highest BCUT2D eigenvalue weighted by Gasteiger charge is 2.40. The largest absolute Gasteiger partial charge is 0.388 e. The van der Waals surface area contributed by atoms with Crippen LogP contribution in [0.25, 0.3) is 0 Å². The highest BCUT2D eigenvalue weighted by molar-refractivity contribution is 9.10. The molecule has 1 spiro atoms. The van der Waals surface area contributed by atoms with Crippen molar-refractivity contribution >= 4 is 15.9 Å². The smallest absolute Gasteiger partial charge is 0.0820 e. The van der Waals surface area contributed by atoms with Crippen LogP contribution >= 0.6 is 15.9 Å². The third-order valence-electron chi connectivity index (χ3n) is 5.28. The summed E-state index contributed by atoms with van der Waals surface area (Å²) in [4.78, 5) is 0. The predicted molar refractivity (Wildman–Crippen MR) is 88.3 cm³/mol. The Morgan fingerprint density at radius 3 is 2.76 bits per heavy atom. The molecule has 2 aliphatic rings. The Balaban J connectivity index is 1.74. The van der Waals surface area contributed by atoms with Gasteiger partial charge in [-0.15, -0.1) is 0 Å². The molecule has 2 nitrogen and oxygen atoms in total. The van der Waals surface area contributed by atoms with Crippen molar-refractivity contribution in [1.29, 1.82) is 0 Å². The van der Waals surface area contributed by atoms with Gasteiger partial charge >= 0.3 is 0 Å². The third kappa shape index (κ3) is 3.35. The van der Waals surface area contributed by atoms with Gasteiger partial charge in [0.1, 0.15) is 0 Å². The first-order valence-electron chi connectivity index (χ1n) is 8.18. The van der Waals surface area contributed by atoms with Crippen molar-refractivity contribution in [1.82, 2.24) is 0 Å². The van der Waals surface area contributed by atoms with Gasteiger partial charge in [-0.2, -0.15) is 0 Å². The maximum Gasteiger partial charge on any atom is 0.0820 e. The van der Waals surface area contributed by atoms with Crippen molar-refractivity contribution in [2.75, 3.05) is 6.61 Å². The molecule has 1 heterocycles. The van der Waals surface area contributed by atoms with E-state index in [0.717, 1.165) is 29.5 Å². The van der Waals surface area contributed by atoms with Gasteiger partial charge in [0.15, 0.2) is 0 Å². The number of ether oxygens (including phenoxy) is 1. The fraction of sp³-hybridized carbons (Fsp3) is 0.667. The minimum absolute atomic E-state index is 0.0596. The van der Waals surface area contributed by atoms with E-state index in [9.17, 15) is 5.11 Å². The van der Waals surface area contributed by atoms with Crippen LogP contribution in [0.3, 0.4) is 0 Å². The summed E-state index contributed by atoms with van der Waals surface area (Å²) in [7, 11) is 0. The number of aryl methyl sites for hydroxylation is 1. The topological polar surface area (TPSA) is 29.5 Å². The molecule has 2 fully saturated rings. The van der Waals surface area contributed by atoms with Crippen LogP contribution in [-0.2, 0) is 4.74 Å². The van der Waals surface area contributed by atoms with Crippen molar-refractivity contribution in [3.63, 3.8) is 0 Å². The Hall–Kier alpha value is -0.380. The Morgan fingerprint density at radius 1 is 1.29 bits per heavy atom. The summed E-state index contributed by atoms with van der Waals surface area (Å²) in [5, 5.41) is 10.8. The monoisotopic (exact) mass is 352 g/mol. The molecule has 1 aliphatic heterocycles. The van der Waals surface area contributed by atoms with Gasteiger partial charge < -0.3 is 9.84 Å². The predicted octanol–water partition coefficient (Wildman–Crippen LogP) is 4.92. The fourth-order valence-electron chi connectivity index (χ4n) is 3.94. The van der Waals surface area contributed by atoms with E-state index in [1.807, 2.05) is 0 Å². The van der Waals surface area contributed by atoms with Gasteiger partial charge in [-0.25, -0.2) is 0 Å². The minimum Gasteiger partial charge on any atom is -0.388 e. The lowest BCUT2D eigenvalue weighted by Crippen LogP contribution is -2.42. The van der Waals surface area contributed by atoms with Crippen molar-refractivity contribution < 1.29 is 9.84 Å². The molecule has 2 unspecified atom stereocenters. The van der Waals surface area contributed by atoms with E-state index < -0.39 is 0 Å². The molecule has 21 heavy (non-hydrogen) atoms. The number of hydrogen-bond donors (Lipinski definition) is 1. The van der Waals surface area contributed by atoms with E-state index in [4.69, 9.17) is 4.74 Å². The minimum atomic E-state index is -0.371. The van der Waals surface area contributed by atoms with Gasteiger partial charge in [0, 0.05) is 11.1 Å². The summed E-state index contributed by atoms with van der Waals surface area (Å²) in [5.41, 5.74) is 2.30. The lowest BCUT2D eigenvalue weighted by atomic mass is 9.74. The molecule has 1 aromatic rings. The Bertz CT molecular complexity index is 488. The molecule has 1 N–H and O–H groups in total. The number of halogens is 1. The molecule has 1 saturated heterocycles. The first kappa shape index (κ1) is 15.5. The maximum atomic E-state index is 10.8. The average Bonchev–Trinajstić information content (AvgIpc) is 2.50. The molecule has 0 aromatic heterocycles. The quantitative estimate of drug-likeness (QED) is 0.818. The Labute approximate surface area is 136 Å². The molecule has 0 bridgehead atoms. The first-order chi connectivity index (χ1) is 10.1. The summed E-state index contributed by atoms with van der Waals surface area (Å²) < 4.78 is 7.23. The summed E-state index contributed by atoms with van der Waals surface area (Å²) in [6.45, 7) is 2.88. The zero-order chi connectivity index (χ0) is 14.9. The van der Waals surface area contributed by atoms with E-state index >= 15 is 0 Å². The molecule has 0 amide bonds. The van der Waals surface area contributed by atoms with Gasteiger partial charge in [-0.1, -0.05) is 47.3 Å². The van der Waals surface area contributed by atoms with Gasteiger partial charge in [0.25, 0.3) is 0 Å². The fourth-order valence-corrected chi connectivity index (χ4v) is 4.34. The molecule has 1 aliphatic carbocycles. The van der Waals surface area contributed by atoms with Crippen LogP contribution in [0.1, 0.15) is 62.2 Å². The molecular weight excluding hydrogens is 328 g/mol. The normalized spacial score (nSPS) is 26.7. The second kappa shape index (κ2) is 6.39. The van der Waals surface area contributed by atoms with Gasteiger partial charge in [0.2, 0.25) is 0 Å². The standard InChI is InChI=1S/C18H25BrO2/c1-13-5-6-14(11-16(13)19)17(20)15-7-10-21-18(12-15)8-3-2-4-9-18/h5-6,11,15,17,20H,2-4,7-10,12H2,1H3. The molecule has 1 saturated carbocycles. The van der Waals surface area contributed by atoms with Crippen LogP contribution < -0.4 is 0 Å². The van der Waals surface area contributed by atoms with Crippen LogP contribution in [-0.4, -0.2) is 17.3 Å². The van der Waals surface area contributed by atoms with Crippen LogP contribution in [0.5, 0.6) is 0 Å². The summed E-state index contributed by atoms with van der Waals surface area (Å²) >= 11 is 3.57. The van der Waals surface area contributed by atoms with Crippen LogP contribution in [0.15, 0.2) is 22.7 Å². The molecule has 1 aromatic carbocycles. The van der Waals surface area contributed by atoms with E-state index in [2.05, 4.69) is 41.1 Å². The Morgan fingerprint density at radius 2 is 2.05 bits per heavy atom. The number of benzene rings is 1. The summed E-state index contributed by atoms with van der Waals surface area (Å²) in [6.07, 6.45) is 7.85. The summed E-state index contributed by atoms with van der Waals surface area (Å²) in [5.74, 6) is 0.325. The highest BCUT2D eigenvalue weighted by atomic mass is 79.9. The first-order valence-corrected chi connectivity index (χ1v) is 8.97. The lowest BCUT2D eigenvalue weighted by Gasteiger charge is -2.44. The Kier molecular flexibility index (Phi) is 4.72. The number of rotatable bonds is 2.